The molecule has 0 amide bonds. The molecule has 0 saturated heterocycles. The van der Waals surface area contributed by atoms with Crippen LogP contribution in [0.4, 0.5) is 0 Å². The summed E-state index contributed by atoms with van der Waals surface area (Å²) in [6, 6.07) is 3.72. The van der Waals surface area contributed by atoms with Crippen molar-refractivity contribution in [3.05, 3.63) is 23.8 Å². The Labute approximate surface area is 233 Å². The Morgan fingerprint density at radius 3 is 1.72 bits per heavy atom. The minimum absolute atomic E-state index is 0.0885. The SMILES string of the molecule is CC(C)CCC(=O)Oc1ccc(C[C@H](N)C(=O)O[C@@H](C)C(C)OC(=O)CC(C)C)cc1OC(=O)CCC(C)C. The van der Waals surface area contributed by atoms with Gasteiger partial charge in [-0.05, 0) is 68.6 Å². The average molecular weight is 550 g/mol. The number of nitrogens with two attached hydrogens (primary N) is 1. The van der Waals surface area contributed by atoms with Gasteiger partial charge >= 0.3 is 23.9 Å². The van der Waals surface area contributed by atoms with Crippen molar-refractivity contribution in [1.29, 1.82) is 0 Å². The Balaban J connectivity index is 2.92. The maximum atomic E-state index is 12.6. The normalized spacial score (nSPS) is 13.6. The Kier molecular flexibility index (Phi) is 14.8. The number of hydrogen-bond donors (Lipinski definition) is 1. The molecule has 1 aromatic carbocycles. The summed E-state index contributed by atoms with van der Waals surface area (Å²) < 4.78 is 21.8. The summed E-state index contributed by atoms with van der Waals surface area (Å²) in [5.74, 6) is -0.833. The van der Waals surface area contributed by atoms with E-state index in [0.717, 1.165) is 0 Å². The molecule has 1 aromatic rings. The van der Waals surface area contributed by atoms with Gasteiger partial charge in [-0.1, -0.05) is 47.6 Å². The van der Waals surface area contributed by atoms with Crippen molar-refractivity contribution < 1.29 is 38.1 Å². The van der Waals surface area contributed by atoms with Gasteiger partial charge in [0.25, 0.3) is 0 Å². The van der Waals surface area contributed by atoms with Crippen LogP contribution in [-0.2, 0) is 35.1 Å². The van der Waals surface area contributed by atoms with E-state index < -0.39 is 36.2 Å². The Bertz CT molecular complexity index is 956. The number of carbonyl (C=O) groups excluding carboxylic acids is 4. The third kappa shape index (κ3) is 14.1. The van der Waals surface area contributed by atoms with Gasteiger partial charge in [-0.2, -0.15) is 0 Å². The van der Waals surface area contributed by atoms with Crippen LogP contribution in [0.15, 0.2) is 18.2 Å². The van der Waals surface area contributed by atoms with E-state index >= 15 is 0 Å². The van der Waals surface area contributed by atoms with E-state index in [4.69, 9.17) is 24.7 Å². The molecule has 0 spiro atoms. The minimum Gasteiger partial charge on any atom is -0.459 e. The van der Waals surface area contributed by atoms with Gasteiger partial charge in [0.05, 0.1) is 0 Å². The number of rotatable bonds is 16. The predicted molar refractivity (Wildman–Crippen MR) is 148 cm³/mol. The molecular weight excluding hydrogens is 502 g/mol. The first-order valence-electron chi connectivity index (χ1n) is 13.9. The molecule has 0 aromatic heterocycles. The van der Waals surface area contributed by atoms with E-state index in [-0.39, 0.29) is 49.1 Å². The monoisotopic (exact) mass is 549 g/mol. The van der Waals surface area contributed by atoms with Crippen LogP contribution in [0, 0.1) is 17.8 Å². The number of ether oxygens (including phenoxy) is 4. The molecule has 0 radical (unpaired) electrons. The predicted octanol–water partition coefficient (Wildman–Crippen LogP) is 5.15. The maximum absolute atomic E-state index is 12.6. The molecule has 0 heterocycles. The molecule has 0 aliphatic heterocycles. The zero-order valence-corrected chi connectivity index (χ0v) is 24.8. The summed E-state index contributed by atoms with van der Waals surface area (Å²) in [6.45, 7) is 15.2. The lowest BCUT2D eigenvalue weighted by atomic mass is 10.1. The fraction of sp³-hybridized carbons (Fsp3) is 0.667. The Morgan fingerprint density at radius 1 is 0.692 bits per heavy atom. The second-order valence-electron chi connectivity index (χ2n) is 11.3. The van der Waals surface area contributed by atoms with Crippen molar-refractivity contribution in [3.63, 3.8) is 0 Å². The molecule has 2 N–H and O–H groups in total. The Morgan fingerprint density at radius 2 is 1.21 bits per heavy atom. The highest BCUT2D eigenvalue weighted by molar-refractivity contribution is 5.77. The van der Waals surface area contributed by atoms with E-state index in [1.807, 2.05) is 41.5 Å². The largest absolute Gasteiger partial charge is 0.459 e. The molecule has 3 atom stereocenters. The zero-order chi connectivity index (χ0) is 29.7. The van der Waals surface area contributed by atoms with Gasteiger partial charge in [0.1, 0.15) is 18.2 Å². The fourth-order valence-electron chi connectivity index (χ4n) is 3.39. The van der Waals surface area contributed by atoms with Crippen molar-refractivity contribution in [1.82, 2.24) is 0 Å². The highest BCUT2D eigenvalue weighted by Gasteiger charge is 2.25. The van der Waals surface area contributed by atoms with Crippen LogP contribution in [0.3, 0.4) is 0 Å². The van der Waals surface area contributed by atoms with Crippen LogP contribution < -0.4 is 15.2 Å². The minimum atomic E-state index is -1.02. The van der Waals surface area contributed by atoms with E-state index in [2.05, 4.69) is 0 Å². The molecular formula is C30H47NO8. The quantitative estimate of drug-likeness (QED) is 0.220. The van der Waals surface area contributed by atoms with E-state index in [1.54, 1.807) is 26.0 Å². The van der Waals surface area contributed by atoms with Gasteiger partial charge in [0, 0.05) is 19.3 Å². The van der Waals surface area contributed by atoms with Crippen molar-refractivity contribution in [2.45, 2.75) is 112 Å². The Hall–Kier alpha value is -2.94. The zero-order valence-electron chi connectivity index (χ0n) is 24.8. The lowest BCUT2D eigenvalue weighted by Crippen LogP contribution is -2.39. The first-order valence-corrected chi connectivity index (χ1v) is 13.9. The molecule has 9 heteroatoms. The van der Waals surface area contributed by atoms with Crippen molar-refractivity contribution in [2.75, 3.05) is 0 Å². The molecule has 220 valence electrons. The second-order valence-corrected chi connectivity index (χ2v) is 11.3. The van der Waals surface area contributed by atoms with Gasteiger partial charge < -0.3 is 24.7 Å². The average Bonchev–Trinajstić information content (AvgIpc) is 2.82. The van der Waals surface area contributed by atoms with Crippen LogP contribution in [0.2, 0.25) is 0 Å². The van der Waals surface area contributed by atoms with Crippen molar-refractivity contribution >= 4 is 23.9 Å². The van der Waals surface area contributed by atoms with E-state index in [1.165, 1.54) is 6.07 Å². The van der Waals surface area contributed by atoms with Crippen LogP contribution in [-0.4, -0.2) is 42.1 Å². The number of carbonyl (C=O) groups is 4. The molecule has 1 unspecified atom stereocenters. The molecule has 9 nitrogen and oxygen atoms in total. The third-order valence-corrected chi connectivity index (χ3v) is 5.92. The van der Waals surface area contributed by atoms with Crippen molar-refractivity contribution in [2.24, 2.45) is 23.5 Å². The standard InChI is InChI=1S/C30H47NO8/c1-18(2)9-13-27(32)38-25-12-11-23(17-26(25)39-28(33)14-10-19(3)4)16-24(31)30(35)37-22(8)21(7)36-29(34)15-20(5)6/h11-12,17-22,24H,9-10,13-16,31H2,1-8H3/t21?,22-,24-/m0/s1. The topological polar surface area (TPSA) is 131 Å². The fourth-order valence-corrected chi connectivity index (χ4v) is 3.39. The summed E-state index contributed by atoms with van der Waals surface area (Å²) in [4.78, 5) is 49.3. The van der Waals surface area contributed by atoms with Gasteiger partial charge in [0.15, 0.2) is 11.5 Å². The maximum Gasteiger partial charge on any atom is 0.323 e. The van der Waals surface area contributed by atoms with Crippen LogP contribution in [0.5, 0.6) is 11.5 Å². The lowest BCUT2D eigenvalue weighted by Gasteiger charge is -2.23. The first kappa shape index (κ1) is 34.1. The van der Waals surface area contributed by atoms with Gasteiger partial charge in [-0.15, -0.1) is 0 Å². The highest BCUT2D eigenvalue weighted by Crippen LogP contribution is 2.30. The van der Waals surface area contributed by atoms with Crippen LogP contribution in [0.1, 0.15) is 93.1 Å². The first-order chi connectivity index (χ1) is 18.2. The van der Waals surface area contributed by atoms with Gasteiger partial charge in [-0.25, -0.2) is 0 Å². The number of hydrogen-bond acceptors (Lipinski definition) is 9. The molecule has 0 bridgehead atoms. The molecule has 0 saturated carbocycles. The van der Waals surface area contributed by atoms with E-state index in [0.29, 0.717) is 30.2 Å². The summed E-state index contributed by atoms with van der Waals surface area (Å²) >= 11 is 0. The third-order valence-electron chi connectivity index (χ3n) is 5.92. The number of esters is 4. The summed E-state index contributed by atoms with van der Waals surface area (Å²) in [6.07, 6.45) is 0.821. The molecule has 0 fully saturated rings. The lowest BCUT2D eigenvalue weighted by molar-refractivity contribution is -0.166. The summed E-state index contributed by atoms with van der Waals surface area (Å²) in [5, 5.41) is 0. The molecule has 0 aliphatic carbocycles. The number of benzene rings is 1. The van der Waals surface area contributed by atoms with Gasteiger partial charge in [0.2, 0.25) is 0 Å². The highest BCUT2D eigenvalue weighted by atomic mass is 16.6. The van der Waals surface area contributed by atoms with E-state index in [9.17, 15) is 19.2 Å². The molecule has 1 rings (SSSR count). The summed E-state index contributed by atoms with van der Waals surface area (Å²) in [5.41, 5.74) is 6.70. The molecule has 0 aliphatic rings. The molecule has 39 heavy (non-hydrogen) atoms. The van der Waals surface area contributed by atoms with Crippen LogP contribution >= 0.6 is 0 Å². The van der Waals surface area contributed by atoms with Crippen molar-refractivity contribution in [3.8, 4) is 11.5 Å². The van der Waals surface area contributed by atoms with Gasteiger partial charge in [-0.3, -0.25) is 19.2 Å². The smallest absolute Gasteiger partial charge is 0.323 e. The second kappa shape index (κ2) is 16.9. The van der Waals surface area contributed by atoms with Crippen LogP contribution in [0.25, 0.3) is 0 Å². The summed E-state index contributed by atoms with van der Waals surface area (Å²) in [7, 11) is 0.